The number of carbonyl (C=O) groups excluding carboxylic acids is 4. The van der Waals surface area contributed by atoms with Crippen LogP contribution in [0.3, 0.4) is 0 Å². The summed E-state index contributed by atoms with van der Waals surface area (Å²) in [5, 5.41) is 13.3. The molecule has 2 heterocycles. The van der Waals surface area contributed by atoms with Crippen molar-refractivity contribution in [2.75, 3.05) is 18.4 Å². The molecule has 5 N–H and O–H groups in total. The van der Waals surface area contributed by atoms with Crippen molar-refractivity contribution in [1.29, 1.82) is 0 Å². The maximum Gasteiger partial charge on any atom is 0.269 e. The molecule has 11 nitrogen and oxygen atoms in total. The Hall–Kier alpha value is -4.03. The number of aromatic nitrogens is 2. The highest BCUT2D eigenvalue weighted by Crippen LogP contribution is 2.28. The number of carbonyl (C=O) groups is 4. The molecule has 210 valence electrons. The van der Waals surface area contributed by atoms with Crippen LogP contribution in [0, 0.1) is 5.82 Å². The Morgan fingerprint density at radius 1 is 1.18 bits per heavy atom. The quantitative estimate of drug-likeness (QED) is 0.293. The number of anilines is 1. The highest BCUT2D eigenvalue weighted by atomic mass is 35.5. The molecule has 1 saturated carbocycles. The second kappa shape index (κ2) is 11.6. The predicted octanol–water partition coefficient (Wildman–Crippen LogP) is 1.93. The van der Waals surface area contributed by atoms with Crippen molar-refractivity contribution in [3.63, 3.8) is 0 Å². The first-order valence-electron chi connectivity index (χ1n) is 13.0. The van der Waals surface area contributed by atoms with Gasteiger partial charge in [-0.3, -0.25) is 23.9 Å². The van der Waals surface area contributed by atoms with Crippen LogP contribution in [0.25, 0.3) is 10.9 Å². The van der Waals surface area contributed by atoms with E-state index in [1.165, 1.54) is 21.7 Å². The lowest BCUT2D eigenvalue weighted by Gasteiger charge is -2.22. The molecule has 5 rings (SSSR count). The van der Waals surface area contributed by atoms with Gasteiger partial charge in [0, 0.05) is 29.2 Å². The van der Waals surface area contributed by atoms with Gasteiger partial charge in [0.25, 0.3) is 5.91 Å². The summed E-state index contributed by atoms with van der Waals surface area (Å²) in [4.78, 5) is 52.1. The van der Waals surface area contributed by atoms with Crippen molar-refractivity contribution in [1.82, 2.24) is 25.3 Å². The standard InChI is InChI=1S/C27H29ClFN7O4/c28-19-4-1-3-15(24(19)29)12-32-22(37)13-35(17-7-8-17)23(38)14-36-21-9-6-16(11-18(21)25(34-36)26(30)39)33-27(40)20-5-2-10-31-20/h1,3-4,6,9,11,17,20,31H,2,5,7-8,10,12-14H2,(H2,30,39)(H,32,37)(H,33,40). The molecule has 40 heavy (non-hydrogen) atoms. The van der Waals surface area contributed by atoms with Crippen molar-refractivity contribution < 1.29 is 23.6 Å². The molecule has 0 spiro atoms. The van der Waals surface area contributed by atoms with Gasteiger partial charge >= 0.3 is 0 Å². The van der Waals surface area contributed by atoms with Gasteiger partial charge in [-0.1, -0.05) is 23.7 Å². The number of nitrogens with zero attached hydrogens (tertiary/aromatic N) is 3. The molecule has 1 aromatic heterocycles. The zero-order valence-corrected chi connectivity index (χ0v) is 22.3. The zero-order valence-electron chi connectivity index (χ0n) is 21.6. The third kappa shape index (κ3) is 6.07. The molecule has 0 radical (unpaired) electrons. The summed E-state index contributed by atoms with van der Waals surface area (Å²) in [5.41, 5.74) is 6.73. The average molecular weight is 570 g/mol. The van der Waals surface area contributed by atoms with Gasteiger partial charge in [-0.05, 0) is 56.5 Å². The van der Waals surface area contributed by atoms with E-state index in [4.69, 9.17) is 17.3 Å². The molecule has 2 aromatic carbocycles. The molecule has 2 fully saturated rings. The lowest BCUT2D eigenvalue weighted by molar-refractivity contribution is -0.137. The minimum atomic E-state index is -0.774. The number of primary amides is 1. The minimum absolute atomic E-state index is 0.0304. The lowest BCUT2D eigenvalue weighted by atomic mass is 10.1. The maximum absolute atomic E-state index is 14.2. The molecule has 1 unspecified atom stereocenters. The Bertz CT molecular complexity index is 1480. The van der Waals surface area contributed by atoms with Gasteiger partial charge in [-0.2, -0.15) is 5.10 Å². The van der Waals surface area contributed by atoms with E-state index >= 15 is 0 Å². The largest absolute Gasteiger partial charge is 0.364 e. The predicted molar refractivity (Wildman–Crippen MR) is 146 cm³/mol. The van der Waals surface area contributed by atoms with E-state index in [2.05, 4.69) is 21.0 Å². The van der Waals surface area contributed by atoms with Gasteiger partial charge < -0.3 is 26.6 Å². The SMILES string of the molecule is NC(=O)c1nn(CC(=O)N(CC(=O)NCc2cccc(Cl)c2F)C2CC2)c2ccc(NC(=O)C3CCCN3)cc12. The molecule has 4 amide bonds. The van der Waals surface area contributed by atoms with E-state index in [1.54, 1.807) is 24.3 Å². The van der Waals surface area contributed by atoms with Crippen LogP contribution >= 0.6 is 11.6 Å². The van der Waals surface area contributed by atoms with Crippen molar-refractivity contribution in [3.8, 4) is 0 Å². The Labute approximate surface area is 234 Å². The smallest absolute Gasteiger partial charge is 0.269 e. The van der Waals surface area contributed by atoms with E-state index in [0.717, 1.165) is 32.2 Å². The second-order valence-corrected chi connectivity index (χ2v) is 10.4. The number of hydrogen-bond donors (Lipinski definition) is 4. The highest BCUT2D eigenvalue weighted by Gasteiger charge is 2.34. The Kier molecular flexibility index (Phi) is 7.99. The van der Waals surface area contributed by atoms with Crippen LogP contribution in [0.5, 0.6) is 0 Å². The normalized spacial score (nSPS) is 16.6. The summed E-state index contributed by atoms with van der Waals surface area (Å²) in [6.45, 7) is 0.274. The topological polar surface area (TPSA) is 151 Å². The second-order valence-electron chi connectivity index (χ2n) is 9.98. The molecule has 3 aromatic rings. The monoisotopic (exact) mass is 569 g/mol. The van der Waals surface area contributed by atoms with Gasteiger partial charge in [0.1, 0.15) is 12.4 Å². The van der Waals surface area contributed by atoms with Crippen LogP contribution in [-0.4, -0.2) is 63.5 Å². The number of halogens is 2. The Morgan fingerprint density at radius 3 is 2.67 bits per heavy atom. The van der Waals surface area contributed by atoms with E-state index in [1.807, 2.05) is 0 Å². The van der Waals surface area contributed by atoms with Crippen molar-refractivity contribution in [3.05, 3.63) is 58.5 Å². The summed E-state index contributed by atoms with van der Waals surface area (Å²) in [5.74, 6) is -2.36. The number of nitrogens with two attached hydrogens (primary N) is 1. The van der Waals surface area contributed by atoms with Gasteiger partial charge in [0.15, 0.2) is 5.69 Å². The lowest BCUT2D eigenvalue weighted by Crippen LogP contribution is -2.43. The van der Waals surface area contributed by atoms with E-state index < -0.39 is 17.6 Å². The molecular weight excluding hydrogens is 541 g/mol. The molecule has 1 atom stereocenters. The first-order chi connectivity index (χ1) is 19.2. The highest BCUT2D eigenvalue weighted by molar-refractivity contribution is 6.30. The molecular formula is C27H29ClFN7O4. The first-order valence-corrected chi connectivity index (χ1v) is 13.4. The molecule has 1 saturated heterocycles. The van der Waals surface area contributed by atoms with E-state index in [-0.39, 0.29) is 59.8 Å². The Balaban J connectivity index is 1.29. The summed E-state index contributed by atoms with van der Waals surface area (Å²) in [7, 11) is 0. The molecule has 13 heteroatoms. The average Bonchev–Trinajstić information content (AvgIpc) is 3.48. The number of nitrogens with one attached hydrogen (secondary N) is 3. The van der Waals surface area contributed by atoms with Gasteiger partial charge in [0.05, 0.1) is 23.1 Å². The third-order valence-electron chi connectivity index (χ3n) is 7.04. The molecule has 2 aliphatic rings. The Morgan fingerprint density at radius 2 is 1.98 bits per heavy atom. The summed E-state index contributed by atoms with van der Waals surface area (Å²) >= 11 is 5.80. The van der Waals surface area contributed by atoms with Crippen LogP contribution in [0.2, 0.25) is 5.02 Å². The van der Waals surface area contributed by atoms with Gasteiger partial charge in [-0.15, -0.1) is 0 Å². The van der Waals surface area contributed by atoms with Gasteiger partial charge in [0.2, 0.25) is 17.7 Å². The maximum atomic E-state index is 14.2. The molecule has 1 aliphatic heterocycles. The minimum Gasteiger partial charge on any atom is -0.364 e. The number of benzene rings is 2. The third-order valence-corrected chi connectivity index (χ3v) is 7.33. The van der Waals surface area contributed by atoms with Crippen molar-refractivity contribution in [2.45, 2.75) is 50.9 Å². The first kappa shape index (κ1) is 27.5. The number of hydrogen-bond acceptors (Lipinski definition) is 6. The fourth-order valence-corrected chi connectivity index (χ4v) is 5.01. The van der Waals surface area contributed by atoms with E-state index in [0.29, 0.717) is 16.6 Å². The summed E-state index contributed by atoms with van der Waals surface area (Å²) in [6, 6.07) is 9.10. The number of fused-ring (bicyclic) bond motifs is 1. The number of amides is 4. The van der Waals surface area contributed by atoms with Gasteiger partial charge in [-0.25, -0.2) is 4.39 Å². The fourth-order valence-electron chi connectivity index (χ4n) is 4.81. The fraction of sp³-hybridized carbons (Fsp3) is 0.370. The number of rotatable bonds is 10. The molecule has 1 aliphatic carbocycles. The van der Waals surface area contributed by atoms with E-state index in [9.17, 15) is 23.6 Å². The zero-order chi connectivity index (χ0) is 28.4. The van der Waals surface area contributed by atoms with Crippen LogP contribution in [0.4, 0.5) is 10.1 Å². The van der Waals surface area contributed by atoms with Crippen molar-refractivity contribution >= 4 is 51.8 Å². The van der Waals surface area contributed by atoms with Crippen LogP contribution in [-0.2, 0) is 27.5 Å². The van der Waals surface area contributed by atoms with Crippen LogP contribution in [0.1, 0.15) is 41.7 Å². The summed E-state index contributed by atoms with van der Waals surface area (Å²) < 4.78 is 15.5. The van der Waals surface area contributed by atoms with Crippen LogP contribution in [0.15, 0.2) is 36.4 Å². The molecule has 0 bridgehead atoms. The van der Waals surface area contributed by atoms with Crippen LogP contribution < -0.4 is 21.7 Å². The summed E-state index contributed by atoms with van der Waals surface area (Å²) in [6.07, 6.45) is 3.18. The van der Waals surface area contributed by atoms with Crippen molar-refractivity contribution in [2.24, 2.45) is 5.73 Å².